The van der Waals surface area contributed by atoms with Gasteiger partial charge in [-0.3, -0.25) is 14.5 Å². The molecule has 1 N–H and O–H groups in total. The molecule has 3 amide bonds. The van der Waals surface area contributed by atoms with Crippen molar-refractivity contribution in [2.75, 3.05) is 38.3 Å². The number of hydrogen-bond donors (Lipinski definition) is 1. The number of para-hydroxylation sites is 2. The largest absolute Gasteiger partial charge is 0.465 e. The Bertz CT molecular complexity index is 1490. The summed E-state index contributed by atoms with van der Waals surface area (Å²) in [4.78, 5) is 49.0. The van der Waals surface area contributed by atoms with Gasteiger partial charge in [0, 0.05) is 75.9 Å². The number of methoxy groups -OCH3 is 1. The number of nitrogens with zero attached hydrogens (tertiary/aromatic N) is 5. The molecule has 0 spiro atoms. The number of aryl methyl sites for hydroxylation is 1. The van der Waals surface area contributed by atoms with Gasteiger partial charge in [-0.25, -0.2) is 9.78 Å². The fourth-order valence-electron chi connectivity index (χ4n) is 7.00. The van der Waals surface area contributed by atoms with E-state index in [0.717, 1.165) is 60.3 Å². The summed E-state index contributed by atoms with van der Waals surface area (Å²) in [5, 5.41) is 10.3. The van der Waals surface area contributed by atoms with Crippen molar-refractivity contribution in [1.82, 2.24) is 19.4 Å². The number of fused-ring (bicyclic) bond motifs is 1. The number of rotatable bonds is 11. The van der Waals surface area contributed by atoms with Crippen LogP contribution < -0.4 is 4.90 Å². The van der Waals surface area contributed by atoms with Crippen molar-refractivity contribution in [2.45, 2.75) is 89.8 Å². The highest BCUT2D eigenvalue weighted by molar-refractivity contribution is 5.95. The number of carboxylic acid groups (broad SMARTS) is 1. The minimum atomic E-state index is -1.04. The van der Waals surface area contributed by atoms with Crippen LogP contribution in [0.3, 0.4) is 0 Å². The van der Waals surface area contributed by atoms with Gasteiger partial charge in [0.2, 0.25) is 11.8 Å². The molecule has 5 rings (SSSR count). The molecule has 2 aliphatic rings. The maximum absolute atomic E-state index is 14.0. The summed E-state index contributed by atoms with van der Waals surface area (Å²) >= 11 is 0. The van der Waals surface area contributed by atoms with Gasteiger partial charge in [0.1, 0.15) is 5.82 Å². The van der Waals surface area contributed by atoms with E-state index in [0.29, 0.717) is 39.1 Å². The molecule has 10 nitrogen and oxygen atoms in total. The van der Waals surface area contributed by atoms with E-state index in [1.807, 2.05) is 68.1 Å². The van der Waals surface area contributed by atoms with Gasteiger partial charge in [-0.1, -0.05) is 24.3 Å². The molecule has 45 heavy (non-hydrogen) atoms. The highest BCUT2D eigenvalue weighted by atomic mass is 16.5. The van der Waals surface area contributed by atoms with Crippen LogP contribution in [-0.4, -0.2) is 87.3 Å². The monoisotopic (exact) mass is 617 g/mol. The normalized spacial score (nSPS) is 18.0. The number of benzene rings is 2. The number of piperidine rings is 1. The fourth-order valence-corrected chi connectivity index (χ4v) is 7.00. The van der Waals surface area contributed by atoms with Gasteiger partial charge in [-0.2, -0.15) is 0 Å². The maximum Gasteiger partial charge on any atom is 0.408 e. The molecule has 2 unspecified atom stereocenters. The molecule has 0 radical (unpaired) electrons. The van der Waals surface area contributed by atoms with E-state index >= 15 is 0 Å². The van der Waals surface area contributed by atoms with Crippen LogP contribution in [0.2, 0.25) is 0 Å². The summed E-state index contributed by atoms with van der Waals surface area (Å²) < 4.78 is 7.59. The molecule has 3 aromatic rings. The average Bonchev–Trinajstić information content (AvgIpc) is 3.60. The van der Waals surface area contributed by atoms with Crippen LogP contribution in [-0.2, 0) is 27.3 Å². The molecule has 1 aromatic heterocycles. The Morgan fingerprint density at radius 1 is 1.09 bits per heavy atom. The lowest BCUT2D eigenvalue weighted by Gasteiger charge is -2.41. The molecule has 2 atom stereocenters. The van der Waals surface area contributed by atoms with Crippen molar-refractivity contribution in [3.8, 4) is 0 Å². The molecule has 0 aliphatic carbocycles. The lowest BCUT2D eigenvalue weighted by atomic mass is 9.93. The number of aromatic nitrogens is 2. The van der Waals surface area contributed by atoms with Crippen LogP contribution in [0, 0.1) is 0 Å². The predicted octanol–water partition coefficient (Wildman–Crippen LogP) is 5.69. The number of imidazole rings is 1. The minimum absolute atomic E-state index is 0.0403. The van der Waals surface area contributed by atoms with Crippen LogP contribution >= 0.6 is 0 Å². The van der Waals surface area contributed by atoms with E-state index in [1.165, 1.54) is 4.90 Å². The SMILES string of the molecule is COCCCn1c(C2CCCN(C(=O)CC(Cc3ccc(N4CCCC4=O)cc3)N(C(=O)O)C(C)(C)C)C2)nc2ccccc21. The summed E-state index contributed by atoms with van der Waals surface area (Å²) in [6.07, 6.45) is 3.54. The van der Waals surface area contributed by atoms with Crippen molar-refractivity contribution in [1.29, 1.82) is 0 Å². The summed E-state index contributed by atoms with van der Waals surface area (Å²) in [6, 6.07) is 15.4. The molecule has 0 bridgehead atoms. The number of anilines is 1. The van der Waals surface area contributed by atoms with E-state index in [4.69, 9.17) is 9.72 Å². The van der Waals surface area contributed by atoms with Crippen LogP contribution in [0.1, 0.15) is 76.6 Å². The van der Waals surface area contributed by atoms with Gasteiger partial charge in [-0.05, 0) is 82.7 Å². The molecule has 2 saturated heterocycles. The van der Waals surface area contributed by atoms with E-state index < -0.39 is 17.7 Å². The first-order valence-corrected chi connectivity index (χ1v) is 16.2. The van der Waals surface area contributed by atoms with E-state index in [2.05, 4.69) is 10.6 Å². The second-order valence-corrected chi connectivity index (χ2v) is 13.3. The number of ether oxygens (including phenoxy) is 1. The Morgan fingerprint density at radius 2 is 1.84 bits per heavy atom. The van der Waals surface area contributed by atoms with E-state index in [-0.39, 0.29) is 24.2 Å². The summed E-state index contributed by atoms with van der Waals surface area (Å²) in [7, 11) is 1.71. The highest BCUT2D eigenvalue weighted by Gasteiger charge is 2.37. The Morgan fingerprint density at radius 3 is 2.51 bits per heavy atom. The smallest absolute Gasteiger partial charge is 0.408 e. The molecular weight excluding hydrogens is 570 g/mol. The third kappa shape index (κ3) is 7.49. The summed E-state index contributed by atoms with van der Waals surface area (Å²) in [5.41, 5.74) is 3.13. The topological polar surface area (TPSA) is 108 Å². The number of likely N-dealkylation sites (tertiary alicyclic amines) is 1. The number of hydrogen-bond acceptors (Lipinski definition) is 5. The molecule has 10 heteroatoms. The molecule has 3 heterocycles. The highest BCUT2D eigenvalue weighted by Crippen LogP contribution is 2.31. The Labute approximate surface area is 265 Å². The van der Waals surface area contributed by atoms with Crippen molar-refractivity contribution >= 4 is 34.6 Å². The second kappa shape index (κ2) is 14.0. The number of amides is 3. The van der Waals surface area contributed by atoms with Crippen molar-refractivity contribution in [3.05, 3.63) is 59.9 Å². The maximum atomic E-state index is 14.0. The predicted molar refractivity (Wildman–Crippen MR) is 175 cm³/mol. The van der Waals surface area contributed by atoms with E-state index in [1.54, 1.807) is 12.0 Å². The molecule has 242 valence electrons. The van der Waals surface area contributed by atoms with Gasteiger partial charge in [0.15, 0.2) is 0 Å². The van der Waals surface area contributed by atoms with Crippen molar-refractivity contribution in [2.24, 2.45) is 0 Å². The molecule has 0 saturated carbocycles. The van der Waals surface area contributed by atoms with Crippen molar-refractivity contribution in [3.63, 3.8) is 0 Å². The minimum Gasteiger partial charge on any atom is -0.465 e. The van der Waals surface area contributed by atoms with Gasteiger partial charge in [-0.15, -0.1) is 0 Å². The number of carbonyl (C=O) groups excluding carboxylic acids is 2. The average molecular weight is 618 g/mol. The number of carbonyl (C=O) groups is 3. The third-order valence-electron chi connectivity index (χ3n) is 9.05. The fraction of sp³-hybridized carbons (Fsp3) is 0.543. The van der Waals surface area contributed by atoms with Crippen LogP contribution in [0.25, 0.3) is 11.0 Å². The standard InChI is InChI=1S/C35H47N5O5/c1-35(2,3)40(34(43)44)28(22-25-14-16-27(17-15-25)38-19-8-13-31(38)41)23-32(42)37-18-7-10-26(24-37)33-36-29-11-5-6-12-30(29)39(33)20-9-21-45-4/h5-6,11-12,14-17,26,28H,7-10,13,18-24H2,1-4H3,(H,43,44). The Kier molecular flexibility index (Phi) is 10.1. The van der Waals surface area contributed by atoms with Gasteiger partial charge in [0.05, 0.1) is 11.0 Å². The summed E-state index contributed by atoms with van der Waals surface area (Å²) in [5.74, 6) is 1.18. The zero-order chi connectivity index (χ0) is 32.1. The first-order chi connectivity index (χ1) is 21.6. The Balaban J connectivity index is 1.35. The molecular formula is C35H47N5O5. The quantitative estimate of drug-likeness (QED) is 0.277. The second-order valence-electron chi connectivity index (χ2n) is 13.3. The van der Waals surface area contributed by atoms with Crippen LogP contribution in [0.4, 0.5) is 10.5 Å². The van der Waals surface area contributed by atoms with Gasteiger partial charge in [0.25, 0.3) is 0 Å². The lowest BCUT2D eigenvalue weighted by Crippen LogP contribution is -2.54. The van der Waals surface area contributed by atoms with Crippen LogP contribution in [0.15, 0.2) is 48.5 Å². The van der Waals surface area contributed by atoms with Crippen molar-refractivity contribution < 1.29 is 24.2 Å². The summed E-state index contributed by atoms with van der Waals surface area (Å²) in [6.45, 7) is 8.97. The zero-order valence-electron chi connectivity index (χ0n) is 27.1. The third-order valence-corrected chi connectivity index (χ3v) is 9.05. The molecule has 2 fully saturated rings. The zero-order valence-corrected chi connectivity index (χ0v) is 27.1. The Hall–Kier alpha value is -3.92. The lowest BCUT2D eigenvalue weighted by molar-refractivity contribution is -0.134. The molecule has 2 aromatic carbocycles. The molecule has 2 aliphatic heterocycles. The first-order valence-electron chi connectivity index (χ1n) is 16.2. The first kappa shape index (κ1) is 32.5. The van der Waals surface area contributed by atoms with Crippen LogP contribution in [0.5, 0.6) is 0 Å². The van der Waals surface area contributed by atoms with Gasteiger partial charge >= 0.3 is 6.09 Å². The van der Waals surface area contributed by atoms with Gasteiger partial charge < -0.3 is 24.2 Å². The van der Waals surface area contributed by atoms with E-state index in [9.17, 15) is 19.5 Å².